The summed E-state index contributed by atoms with van der Waals surface area (Å²) in [4.78, 5) is 12.6. The van der Waals surface area contributed by atoms with Gasteiger partial charge in [0.15, 0.2) is 11.5 Å². The van der Waals surface area contributed by atoms with Gasteiger partial charge in [0, 0.05) is 11.4 Å². The second-order valence-electron chi connectivity index (χ2n) is 6.43. The zero-order chi connectivity index (χ0) is 21.0. The Morgan fingerprint density at radius 1 is 1.07 bits per heavy atom. The molecule has 1 aromatic heterocycles. The summed E-state index contributed by atoms with van der Waals surface area (Å²) in [6.45, 7) is 3.96. The topological polar surface area (TPSA) is 104 Å². The zero-order valence-electron chi connectivity index (χ0n) is 16.7. The standard InChI is InChI=1S/C20H23N5O3S/c1-12-5-7-15(13(2)9-12)22-18-19(26)25(21)20(24-23-18)29-11-14-6-8-16(27-3)17(10-14)28-4/h5-10H,11,21H2,1-4H3,(H,22,23). The fourth-order valence-electron chi connectivity index (χ4n) is 2.76. The third-order valence-electron chi connectivity index (χ3n) is 4.31. The fraction of sp³-hybridized carbons (Fsp3) is 0.250. The van der Waals surface area contributed by atoms with Crippen LogP contribution in [0.1, 0.15) is 16.7 Å². The molecule has 0 bridgehead atoms. The van der Waals surface area contributed by atoms with E-state index in [-0.39, 0.29) is 5.82 Å². The summed E-state index contributed by atoms with van der Waals surface area (Å²) in [7, 11) is 3.17. The summed E-state index contributed by atoms with van der Waals surface area (Å²) in [5.74, 6) is 7.86. The summed E-state index contributed by atoms with van der Waals surface area (Å²) in [6, 6.07) is 11.5. The van der Waals surface area contributed by atoms with E-state index in [0.717, 1.165) is 27.1 Å². The van der Waals surface area contributed by atoms with Crippen LogP contribution in [0.5, 0.6) is 11.5 Å². The number of rotatable bonds is 7. The first kappa shape index (κ1) is 20.5. The Morgan fingerprint density at radius 2 is 1.83 bits per heavy atom. The van der Waals surface area contributed by atoms with Gasteiger partial charge in [0.05, 0.1) is 14.2 Å². The molecule has 29 heavy (non-hydrogen) atoms. The van der Waals surface area contributed by atoms with Crippen LogP contribution in [-0.2, 0) is 5.75 Å². The van der Waals surface area contributed by atoms with Crippen LogP contribution < -0.4 is 26.2 Å². The molecule has 0 atom stereocenters. The maximum absolute atomic E-state index is 12.6. The zero-order valence-corrected chi connectivity index (χ0v) is 17.5. The number of hydrogen-bond donors (Lipinski definition) is 2. The lowest BCUT2D eigenvalue weighted by Crippen LogP contribution is -2.32. The Balaban J connectivity index is 1.77. The number of aromatic nitrogens is 3. The predicted octanol–water partition coefficient (Wildman–Crippen LogP) is 3.02. The van der Waals surface area contributed by atoms with Gasteiger partial charge in [0.25, 0.3) is 0 Å². The summed E-state index contributed by atoms with van der Waals surface area (Å²) < 4.78 is 11.6. The molecule has 9 heteroatoms. The maximum Gasteiger partial charge on any atom is 0.315 e. The fourth-order valence-corrected chi connectivity index (χ4v) is 3.56. The first-order valence-electron chi connectivity index (χ1n) is 8.85. The number of methoxy groups -OCH3 is 2. The van der Waals surface area contributed by atoms with Gasteiger partial charge in [-0.2, -0.15) is 4.68 Å². The van der Waals surface area contributed by atoms with Crippen LogP contribution in [-0.4, -0.2) is 29.1 Å². The average Bonchev–Trinajstić information content (AvgIpc) is 2.72. The molecule has 0 saturated carbocycles. The van der Waals surface area contributed by atoms with Gasteiger partial charge in [-0.05, 0) is 43.2 Å². The Labute approximate surface area is 173 Å². The summed E-state index contributed by atoms with van der Waals surface area (Å²) in [6.07, 6.45) is 0. The van der Waals surface area contributed by atoms with E-state index in [4.69, 9.17) is 15.3 Å². The third kappa shape index (κ3) is 4.62. The van der Waals surface area contributed by atoms with Crippen LogP contribution in [0.25, 0.3) is 0 Å². The molecule has 0 aliphatic carbocycles. The van der Waals surface area contributed by atoms with Crippen molar-refractivity contribution in [3.05, 3.63) is 63.4 Å². The highest BCUT2D eigenvalue weighted by Gasteiger charge is 2.13. The molecule has 0 amide bonds. The van der Waals surface area contributed by atoms with Crippen molar-refractivity contribution in [3.8, 4) is 11.5 Å². The first-order chi connectivity index (χ1) is 13.9. The minimum Gasteiger partial charge on any atom is -0.493 e. The van der Waals surface area contributed by atoms with Crippen LogP contribution in [0.3, 0.4) is 0 Å². The highest BCUT2D eigenvalue weighted by Crippen LogP contribution is 2.30. The van der Waals surface area contributed by atoms with Crippen molar-refractivity contribution < 1.29 is 9.47 Å². The summed E-state index contributed by atoms with van der Waals surface area (Å²) in [5, 5.41) is 11.5. The molecule has 0 saturated heterocycles. The number of ether oxygens (including phenoxy) is 2. The number of thioether (sulfide) groups is 1. The molecule has 152 valence electrons. The number of anilines is 2. The molecular weight excluding hydrogens is 390 g/mol. The highest BCUT2D eigenvalue weighted by atomic mass is 32.2. The van der Waals surface area contributed by atoms with Crippen molar-refractivity contribution in [2.24, 2.45) is 0 Å². The monoisotopic (exact) mass is 413 g/mol. The minimum atomic E-state index is -0.449. The number of hydrogen-bond acceptors (Lipinski definition) is 8. The first-order valence-corrected chi connectivity index (χ1v) is 9.84. The van der Waals surface area contributed by atoms with E-state index in [0.29, 0.717) is 22.4 Å². The lowest BCUT2D eigenvalue weighted by molar-refractivity contribution is 0.354. The largest absolute Gasteiger partial charge is 0.493 e. The summed E-state index contributed by atoms with van der Waals surface area (Å²) in [5.41, 5.74) is 3.45. The van der Waals surface area contributed by atoms with E-state index in [1.807, 2.05) is 50.2 Å². The molecule has 1 heterocycles. The van der Waals surface area contributed by atoms with E-state index >= 15 is 0 Å². The van der Waals surface area contributed by atoms with Gasteiger partial charge in [-0.15, -0.1) is 10.2 Å². The van der Waals surface area contributed by atoms with Crippen molar-refractivity contribution >= 4 is 23.3 Å². The molecule has 0 aliphatic heterocycles. The van der Waals surface area contributed by atoms with Crippen molar-refractivity contribution in [2.75, 3.05) is 25.4 Å². The molecule has 0 radical (unpaired) electrons. The van der Waals surface area contributed by atoms with E-state index < -0.39 is 5.56 Å². The SMILES string of the molecule is COc1ccc(CSc2nnc(Nc3ccc(C)cc3C)c(=O)n2N)cc1OC. The van der Waals surface area contributed by atoms with Crippen LogP contribution >= 0.6 is 11.8 Å². The number of nitrogens with one attached hydrogen (secondary N) is 1. The highest BCUT2D eigenvalue weighted by molar-refractivity contribution is 7.98. The minimum absolute atomic E-state index is 0.0786. The Hall–Kier alpha value is -3.20. The number of nitrogens with two attached hydrogens (primary N) is 1. The van der Waals surface area contributed by atoms with Crippen molar-refractivity contribution in [1.82, 2.24) is 14.9 Å². The smallest absolute Gasteiger partial charge is 0.315 e. The van der Waals surface area contributed by atoms with E-state index in [1.165, 1.54) is 11.8 Å². The maximum atomic E-state index is 12.6. The molecule has 0 aliphatic rings. The summed E-state index contributed by atoms with van der Waals surface area (Å²) >= 11 is 1.31. The number of nitrogens with zero attached hydrogens (tertiary/aromatic N) is 3. The van der Waals surface area contributed by atoms with Crippen LogP contribution in [0.4, 0.5) is 11.5 Å². The second-order valence-corrected chi connectivity index (χ2v) is 7.37. The predicted molar refractivity (Wildman–Crippen MR) is 115 cm³/mol. The molecule has 3 rings (SSSR count). The van der Waals surface area contributed by atoms with Gasteiger partial charge in [-0.25, -0.2) is 0 Å². The van der Waals surface area contributed by atoms with E-state index in [1.54, 1.807) is 14.2 Å². The van der Waals surface area contributed by atoms with Crippen LogP contribution in [0.15, 0.2) is 46.3 Å². The Kier molecular flexibility index (Phi) is 6.28. The van der Waals surface area contributed by atoms with Gasteiger partial charge in [0.2, 0.25) is 11.0 Å². The molecule has 3 N–H and O–H groups in total. The molecule has 0 unspecified atom stereocenters. The van der Waals surface area contributed by atoms with Crippen molar-refractivity contribution in [1.29, 1.82) is 0 Å². The lowest BCUT2D eigenvalue weighted by Gasteiger charge is -2.12. The molecule has 0 spiro atoms. The number of nitrogen functional groups attached to an aromatic ring is 1. The van der Waals surface area contributed by atoms with Gasteiger partial charge >= 0.3 is 5.56 Å². The van der Waals surface area contributed by atoms with E-state index in [2.05, 4.69) is 15.5 Å². The lowest BCUT2D eigenvalue weighted by atomic mass is 10.1. The molecule has 8 nitrogen and oxygen atoms in total. The van der Waals surface area contributed by atoms with E-state index in [9.17, 15) is 4.79 Å². The van der Waals surface area contributed by atoms with Gasteiger partial charge in [0.1, 0.15) is 0 Å². The number of benzene rings is 2. The molecule has 3 aromatic rings. The van der Waals surface area contributed by atoms with Gasteiger partial charge in [-0.1, -0.05) is 35.5 Å². The quantitative estimate of drug-likeness (QED) is 0.450. The average molecular weight is 414 g/mol. The van der Waals surface area contributed by atoms with Gasteiger partial charge < -0.3 is 20.6 Å². The van der Waals surface area contributed by atoms with Crippen molar-refractivity contribution in [3.63, 3.8) is 0 Å². The third-order valence-corrected chi connectivity index (χ3v) is 5.33. The Bertz CT molecular complexity index is 1080. The Morgan fingerprint density at radius 3 is 2.52 bits per heavy atom. The number of aryl methyl sites for hydroxylation is 2. The molecule has 0 fully saturated rings. The molecule has 2 aromatic carbocycles. The van der Waals surface area contributed by atoms with Crippen molar-refractivity contribution in [2.45, 2.75) is 24.8 Å². The normalized spacial score (nSPS) is 10.6. The molecular formula is C20H23N5O3S. The van der Waals surface area contributed by atoms with Crippen LogP contribution in [0, 0.1) is 13.8 Å². The second kappa shape index (κ2) is 8.87. The van der Waals surface area contributed by atoms with Crippen LogP contribution in [0.2, 0.25) is 0 Å². The van der Waals surface area contributed by atoms with Gasteiger partial charge in [-0.3, -0.25) is 4.79 Å².